The summed E-state index contributed by atoms with van der Waals surface area (Å²) in [5.41, 5.74) is 5.98. The molecular weight excluding hydrogens is 255 g/mol. The Morgan fingerprint density at radius 2 is 2.00 bits per heavy atom. The molecule has 0 bridgehead atoms. The fourth-order valence-electron chi connectivity index (χ4n) is 1.66. The minimum Gasteiger partial charge on any atom is -0.352 e. The third kappa shape index (κ3) is 5.02. The Hall–Kier alpha value is -1.13. The zero-order chi connectivity index (χ0) is 12.8. The number of halogens is 2. The first-order chi connectivity index (χ1) is 8.04. The standard InChI is InChI=1S/C13H19FN2O.ClH/c1-9(7-13(17)16-10(2)8-15)11-5-3-4-6-12(11)14;/h3-6,9-10H,7-8,15H2,1-2H3,(H,16,17);1H/t9?,10-;/m0./s1. The Bertz CT molecular complexity index is 387. The van der Waals surface area contributed by atoms with Gasteiger partial charge in [-0.1, -0.05) is 25.1 Å². The van der Waals surface area contributed by atoms with Crippen LogP contribution in [0.2, 0.25) is 0 Å². The van der Waals surface area contributed by atoms with Gasteiger partial charge in [-0.2, -0.15) is 0 Å². The van der Waals surface area contributed by atoms with Gasteiger partial charge in [0.25, 0.3) is 0 Å². The van der Waals surface area contributed by atoms with Crippen molar-refractivity contribution in [3.05, 3.63) is 35.6 Å². The first-order valence-electron chi connectivity index (χ1n) is 5.78. The molecule has 0 aliphatic carbocycles. The second kappa shape index (κ2) is 8.06. The monoisotopic (exact) mass is 274 g/mol. The maximum absolute atomic E-state index is 13.5. The van der Waals surface area contributed by atoms with E-state index in [4.69, 9.17) is 5.73 Å². The fourth-order valence-corrected chi connectivity index (χ4v) is 1.66. The van der Waals surface area contributed by atoms with Crippen molar-refractivity contribution in [2.75, 3.05) is 6.54 Å². The van der Waals surface area contributed by atoms with E-state index in [1.54, 1.807) is 18.2 Å². The quantitative estimate of drug-likeness (QED) is 0.865. The van der Waals surface area contributed by atoms with Crippen LogP contribution in [-0.2, 0) is 4.79 Å². The van der Waals surface area contributed by atoms with Gasteiger partial charge in [0.15, 0.2) is 0 Å². The Morgan fingerprint density at radius 1 is 1.39 bits per heavy atom. The molecule has 5 heteroatoms. The summed E-state index contributed by atoms with van der Waals surface area (Å²) in [6.45, 7) is 4.08. The van der Waals surface area contributed by atoms with Crippen molar-refractivity contribution in [3.8, 4) is 0 Å². The van der Waals surface area contributed by atoms with E-state index >= 15 is 0 Å². The van der Waals surface area contributed by atoms with E-state index in [1.165, 1.54) is 6.07 Å². The number of nitrogens with two attached hydrogens (primary N) is 1. The lowest BCUT2D eigenvalue weighted by molar-refractivity contribution is -0.121. The average Bonchev–Trinajstić information content (AvgIpc) is 2.29. The van der Waals surface area contributed by atoms with Crippen LogP contribution < -0.4 is 11.1 Å². The summed E-state index contributed by atoms with van der Waals surface area (Å²) in [6.07, 6.45) is 0.269. The highest BCUT2D eigenvalue weighted by Gasteiger charge is 2.15. The second-order valence-corrected chi connectivity index (χ2v) is 4.33. The van der Waals surface area contributed by atoms with E-state index in [1.807, 2.05) is 13.8 Å². The summed E-state index contributed by atoms with van der Waals surface area (Å²) in [4.78, 5) is 11.6. The van der Waals surface area contributed by atoms with Crippen LogP contribution in [0.4, 0.5) is 4.39 Å². The van der Waals surface area contributed by atoms with E-state index in [0.29, 0.717) is 12.1 Å². The van der Waals surface area contributed by atoms with Gasteiger partial charge in [-0.05, 0) is 24.5 Å². The maximum atomic E-state index is 13.5. The van der Waals surface area contributed by atoms with Crippen LogP contribution in [0, 0.1) is 5.82 Å². The highest BCUT2D eigenvalue weighted by atomic mass is 35.5. The van der Waals surface area contributed by atoms with Gasteiger partial charge in [-0.15, -0.1) is 12.4 Å². The first-order valence-corrected chi connectivity index (χ1v) is 5.78. The molecule has 102 valence electrons. The molecule has 1 amide bonds. The molecule has 0 aliphatic rings. The van der Waals surface area contributed by atoms with Crippen molar-refractivity contribution in [1.29, 1.82) is 0 Å². The van der Waals surface area contributed by atoms with Crippen LogP contribution in [0.25, 0.3) is 0 Å². The molecule has 0 aromatic heterocycles. The van der Waals surface area contributed by atoms with Gasteiger partial charge < -0.3 is 11.1 Å². The molecule has 0 fully saturated rings. The summed E-state index contributed by atoms with van der Waals surface area (Å²) in [6, 6.07) is 6.49. The van der Waals surface area contributed by atoms with Crippen LogP contribution in [0.15, 0.2) is 24.3 Å². The van der Waals surface area contributed by atoms with Crippen LogP contribution >= 0.6 is 12.4 Å². The number of nitrogens with one attached hydrogen (secondary N) is 1. The number of carbonyl (C=O) groups is 1. The van der Waals surface area contributed by atoms with Gasteiger partial charge in [0.1, 0.15) is 5.82 Å². The molecule has 18 heavy (non-hydrogen) atoms. The largest absolute Gasteiger partial charge is 0.352 e. The van der Waals surface area contributed by atoms with Crippen molar-refractivity contribution in [1.82, 2.24) is 5.32 Å². The van der Waals surface area contributed by atoms with Crippen LogP contribution in [0.1, 0.15) is 31.7 Å². The molecule has 1 aromatic carbocycles. The van der Waals surface area contributed by atoms with Crippen molar-refractivity contribution in [2.24, 2.45) is 5.73 Å². The normalized spacial score (nSPS) is 13.3. The number of rotatable bonds is 5. The summed E-state index contributed by atoms with van der Waals surface area (Å²) in [5, 5.41) is 2.76. The summed E-state index contributed by atoms with van der Waals surface area (Å²) >= 11 is 0. The molecular formula is C13H20ClFN2O. The molecule has 0 spiro atoms. The number of hydrogen-bond donors (Lipinski definition) is 2. The predicted octanol–water partition coefficient (Wildman–Crippen LogP) is 2.20. The van der Waals surface area contributed by atoms with Gasteiger partial charge in [0, 0.05) is 19.0 Å². The molecule has 1 unspecified atom stereocenters. The molecule has 3 N–H and O–H groups in total. The first kappa shape index (κ1) is 16.9. The molecule has 0 saturated heterocycles. The SMILES string of the molecule is CC(CC(=O)N[C@@H](C)CN)c1ccccc1F.Cl. The Balaban J connectivity index is 0.00000289. The van der Waals surface area contributed by atoms with E-state index in [0.717, 1.165) is 0 Å². The van der Waals surface area contributed by atoms with Crippen molar-refractivity contribution >= 4 is 18.3 Å². The number of benzene rings is 1. The number of carbonyl (C=O) groups excluding carboxylic acids is 1. The molecule has 1 rings (SSSR count). The summed E-state index contributed by atoms with van der Waals surface area (Å²) < 4.78 is 13.5. The smallest absolute Gasteiger partial charge is 0.220 e. The van der Waals surface area contributed by atoms with Crippen LogP contribution in [0.5, 0.6) is 0 Å². The van der Waals surface area contributed by atoms with Crippen LogP contribution in [0.3, 0.4) is 0 Å². The lowest BCUT2D eigenvalue weighted by Crippen LogP contribution is -2.38. The van der Waals surface area contributed by atoms with Crippen molar-refractivity contribution in [2.45, 2.75) is 32.2 Å². The molecule has 3 nitrogen and oxygen atoms in total. The lowest BCUT2D eigenvalue weighted by Gasteiger charge is -2.15. The van der Waals surface area contributed by atoms with E-state index < -0.39 is 0 Å². The third-order valence-electron chi connectivity index (χ3n) is 2.69. The molecule has 0 heterocycles. The second-order valence-electron chi connectivity index (χ2n) is 4.33. The van der Waals surface area contributed by atoms with Gasteiger partial charge >= 0.3 is 0 Å². The van der Waals surface area contributed by atoms with Gasteiger partial charge in [-0.3, -0.25) is 4.79 Å². The Labute approximate surface area is 113 Å². The van der Waals surface area contributed by atoms with Crippen LogP contribution in [-0.4, -0.2) is 18.5 Å². The minimum atomic E-state index is -0.264. The average molecular weight is 275 g/mol. The predicted molar refractivity (Wildman–Crippen MR) is 73.3 cm³/mol. The fraction of sp³-hybridized carbons (Fsp3) is 0.462. The highest BCUT2D eigenvalue weighted by Crippen LogP contribution is 2.21. The molecule has 2 atom stereocenters. The zero-order valence-corrected chi connectivity index (χ0v) is 11.5. The molecule has 1 aromatic rings. The summed E-state index contributed by atoms with van der Waals surface area (Å²) in [7, 11) is 0. The van der Waals surface area contributed by atoms with E-state index in [9.17, 15) is 9.18 Å². The topological polar surface area (TPSA) is 55.1 Å². The number of hydrogen-bond acceptors (Lipinski definition) is 2. The third-order valence-corrected chi connectivity index (χ3v) is 2.69. The summed E-state index contributed by atoms with van der Waals surface area (Å²) in [5.74, 6) is -0.500. The minimum absolute atomic E-state index is 0. The lowest BCUT2D eigenvalue weighted by atomic mass is 9.97. The number of amides is 1. The molecule has 0 radical (unpaired) electrons. The van der Waals surface area contributed by atoms with Gasteiger partial charge in [0.2, 0.25) is 5.91 Å². The Kier molecular flexibility index (Phi) is 7.55. The van der Waals surface area contributed by atoms with E-state index in [-0.39, 0.29) is 42.5 Å². The molecule has 0 saturated carbocycles. The van der Waals surface area contributed by atoms with Gasteiger partial charge in [-0.25, -0.2) is 4.39 Å². The maximum Gasteiger partial charge on any atom is 0.220 e. The van der Waals surface area contributed by atoms with Crippen molar-refractivity contribution in [3.63, 3.8) is 0 Å². The van der Waals surface area contributed by atoms with Crippen molar-refractivity contribution < 1.29 is 9.18 Å². The zero-order valence-electron chi connectivity index (χ0n) is 10.7. The van der Waals surface area contributed by atoms with Gasteiger partial charge in [0.05, 0.1) is 0 Å². The highest BCUT2D eigenvalue weighted by molar-refractivity contribution is 5.85. The van der Waals surface area contributed by atoms with E-state index in [2.05, 4.69) is 5.32 Å². The Morgan fingerprint density at radius 3 is 2.56 bits per heavy atom. The molecule has 0 aliphatic heterocycles.